The Morgan fingerprint density at radius 1 is 0.648 bits per heavy atom. The summed E-state index contributed by atoms with van der Waals surface area (Å²) in [6, 6.07) is 0. The van der Waals surface area contributed by atoms with E-state index in [4.69, 9.17) is 23.7 Å². The van der Waals surface area contributed by atoms with E-state index >= 15 is 0 Å². The lowest BCUT2D eigenvalue weighted by molar-refractivity contribution is -0.305. The Morgan fingerprint density at radius 2 is 1.24 bits per heavy atom. The third kappa shape index (κ3) is 25.9. The van der Waals surface area contributed by atoms with Gasteiger partial charge in [-0.15, -0.1) is 0 Å². The van der Waals surface area contributed by atoms with Gasteiger partial charge in [0.25, 0.3) is 0 Å². The number of hydrogen-bond acceptors (Lipinski definition) is 11. The Hall–Kier alpha value is -3.06. The molecule has 11 heteroatoms. The van der Waals surface area contributed by atoms with Gasteiger partial charge in [-0.25, -0.2) is 0 Å². The van der Waals surface area contributed by atoms with Crippen molar-refractivity contribution in [2.24, 2.45) is 0 Å². The minimum absolute atomic E-state index is 0.185. The van der Waals surface area contributed by atoms with Crippen molar-refractivity contribution in [1.29, 1.82) is 0 Å². The average Bonchev–Trinajstić information content (AvgIpc) is 3.17. The molecule has 0 radical (unpaired) electrons. The first kappa shape index (κ1) is 49.0. The SMILES string of the molecule is CC/C=C\C=C/O/C=C/C=C\CCCCCCCC(=O)OC[C@H](CO[C@@H]1O[C@H](CO)[C@H](O)[C@H](O)[C@H]1O)OC(=O)CCCCC/C=C\C/C=C\CCCCC. The highest BCUT2D eigenvalue weighted by atomic mass is 16.7. The lowest BCUT2D eigenvalue weighted by Crippen LogP contribution is -2.59. The fourth-order valence-electron chi connectivity index (χ4n) is 5.43. The third-order valence-electron chi connectivity index (χ3n) is 8.65. The molecule has 0 aromatic heterocycles. The number of allylic oxidation sites excluding steroid dienone is 10. The fraction of sp³-hybridized carbons (Fsp3) is 0.674. The maximum Gasteiger partial charge on any atom is 0.306 e. The van der Waals surface area contributed by atoms with Gasteiger partial charge < -0.3 is 44.1 Å². The molecule has 6 atom stereocenters. The minimum Gasteiger partial charge on any atom is -0.473 e. The predicted octanol–water partition coefficient (Wildman–Crippen LogP) is 7.59. The van der Waals surface area contributed by atoms with Gasteiger partial charge in [-0.2, -0.15) is 0 Å². The topological polar surface area (TPSA) is 161 Å². The third-order valence-corrected chi connectivity index (χ3v) is 8.65. The summed E-state index contributed by atoms with van der Waals surface area (Å²) in [5.74, 6) is -0.888. The summed E-state index contributed by atoms with van der Waals surface area (Å²) >= 11 is 0. The van der Waals surface area contributed by atoms with E-state index in [1.165, 1.54) is 19.3 Å². The van der Waals surface area contributed by atoms with Crippen molar-refractivity contribution in [1.82, 2.24) is 0 Å². The van der Waals surface area contributed by atoms with Crippen LogP contribution in [-0.4, -0.2) is 89.0 Å². The van der Waals surface area contributed by atoms with E-state index in [0.717, 1.165) is 70.6 Å². The zero-order valence-electron chi connectivity index (χ0n) is 32.9. The van der Waals surface area contributed by atoms with Gasteiger partial charge >= 0.3 is 11.9 Å². The molecule has 0 aliphatic carbocycles. The van der Waals surface area contributed by atoms with Crippen LogP contribution in [0.4, 0.5) is 0 Å². The summed E-state index contributed by atoms with van der Waals surface area (Å²) in [4.78, 5) is 25.2. The van der Waals surface area contributed by atoms with Crippen molar-refractivity contribution < 1.29 is 53.7 Å². The molecule has 1 saturated heterocycles. The quantitative estimate of drug-likeness (QED) is 0.0176. The van der Waals surface area contributed by atoms with E-state index in [1.54, 1.807) is 12.5 Å². The van der Waals surface area contributed by atoms with E-state index in [2.05, 4.69) is 44.2 Å². The Labute approximate surface area is 324 Å². The molecule has 0 saturated carbocycles. The largest absolute Gasteiger partial charge is 0.473 e. The molecule has 54 heavy (non-hydrogen) atoms. The second kappa shape index (κ2) is 34.4. The summed E-state index contributed by atoms with van der Waals surface area (Å²) in [7, 11) is 0. The molecule has 4 N–H and O–H groups in total. The number of carbonyl (C=O) groups excluding carboxylic acids is 2. The van der Waals surface area contributed by atoms with Gasteiger partial charge in [0, 0.05) is 12.8 Å². The molecule has 0 amide bonds. The van der Waals surface area contributed by atoms with Gasteiger partial charge in [-0.3, -0.25) is 9.59 Å². The molecule has 1 aliphatic heterocycles. The molecule has 11 nitrogen and oxygen atoms in total. The van der Waals surface area contributed by atoms with Crippen LogP contribution < -0.4 is 0 Å². The number of carbonyl (C=O) groups is 2. The zero-order valence-corrected chi connectivity index (χ0v) is 32.9. The molecule has 1 fully saturated rings. The minimum atomic E-state index is -1.61. The Morgan fingerprint density at radius 3 is 1.91 bits per heavy atom. The smallest absolute Gasteiger partial charge is 0.306 e. The maximum atomic E-state index is 12.7. The second-order valence-electron chi connectivity index (χ2n) is 13.5. The van der Waals surface area contributed by atoms with Crippen LogP contribution in [0.1, 0.15) is 129 Å². The van der Waals surface area contributed by atoms with E-state index in [-0.39, 0.29) is 26.1 Å². The molecule has 1 aliphatic rings. The number of ether oxygens (including phenoxy) is 5. The van der Waals surface area contributed by atoms with E-state index < -0.39 is 55.4 Å². The molecule has 0 aromatic rings. The summed E-state index contributed by atoms with van der Waals surface area (Å²) in [5.41, 5.74) is 0. The van der Waals surface area contributed by atoms with E-state index in [0.29, 0.717) is 12.8 Å². The van der Waals surface area contributed by atoms with Crippen molar-refractivity contribution in [2.75, 3.05) is 19.8 Å². The second-order valence-corrected chi connectivity index (χ2v) is 13.5. The first-order valence-corrected chi connectivity index (χ1v) is 20.2. The standard InChI is InChI=1S/C43H70O11/c1-3-5-7-9-10-11-12-13-14-16-20-23-26-30-39(46)53-36(35-52-43-42(49)41(48)40(47)37(33-44)54-43)34-51-38(45)29-25-22-19-17-15-18-21-24-28-32-50-31-27-8-6-4-2/h6,8,10-11,13-14,21,24,27-28,31-32,36-37,40-44,47-49H,3-5,7,9,12,15-20,22-23,25-26,29-30,33-35H2,1-2H3/b8-6-,11-10-,14-13-,24-21-,31-27-,32-28+/t36-,37-,40+,41+,42-,43-/m1/s1. The van der Waals surface area contributed by atoms with Crippen molar-refractivity contribution in [3.05, 3.63) is 73.3 Å². The number of rotatable bonds is 32. The Kier molecular flexibility index (Phi) is 31.2. The summed E-state index contributed by atoms with van der Waals surface area (Å²) in [6.45, 7) is 3.12. The molecule has 0 aromatic carbocycles. The lowest BCUT2D eigenvalue weighted by atomic mass is 9.99. The van der Waals surface area contributed by atoms with Gasteiger partial charge in [0.2, 0.25) is 0 Å². The fourth-order valence-corrected chi connectivity index (χ4v) is 5.43. The first-order valence-electron chi connectivity index (χ1n) is 20.2. The van der Waals surface area contributed by atoms with Crippen LogP contribution in [0.5, 0.6) is 0 Å². The van der Waals surface area contributed by atoms with E-state index in [1.807, 2.05) is 30.4 Å². The molecule has 1 heterocycles. The normalized spacial score (nSPS) is 21.4. The van der Waals surface area contributed by atoms with Crippen LogP contribution >= 0.6 is 0 Å². The molecule has 308 valence electrons. The van der Waals surface area contributed by atoms with Gasteiger partial charge in [0.15, 0.2) is 12.4 Å². The summed E-state index contributed by atoms with van der Waals surface area (Å²) < 4.78 is 27.3. The van der Waals surface area contributed by atoms with Crippen molar-refractivity contribution in [3.8, 4) is 0 Å². The van der Waals surface area contributed by atoms with Crippen LogP contribution in [0, 0.1) is 0 Å². The van der Waals surface area contributed by atoms with Crippen molar-refractivity contribution in [3.63, 3.8) is 0 Å². The van der Waals surface area contributed by atoms with Crippen LogP contribution in [-0.2, 0) is 33.3 Å². The highest BCUT2D eigenvalue weighted by Gasteiger charge is 2.44. The van der Waals surface area contributed by atoms with E-state index in [9.17, 15) is 30.0 Å². The molecule has 0 unspecified atom stereocenters. The molecule has 0 spiro atoms. The Balaban J connectivity index is 2.41. The Bertz CT molecular complexity index is 1110. The number of hydrogen-bond donors (Lipinski definition) is 4. The number of aliphatic hydroxyl groups is 4. The molecular formula is C43H70O11. The lowest BCUT2D eigenvalue weighted by Gasteiger charge is -2.39. The van der Waals surface area contributed by atoms with Gasteiger partial charge in [0.1, 0.15) is 31.0 Å². The molecule has 0 bridgehead atoms. The van der Waals surface area contributed by atoms with Crippen LogP contribution in [0.25, 0.3) is 0 Å². The van der Waals surface area contributed by atoms with Crippen molar-refractivity contribution in [2.45, 2.75) is 166 Å². The molecular weight excluding hydrogens is 692 g/mol. The summed E-state index contributed by atoms with van der Waals surface area (Å²) in [5, 5.41) is 40.0. The monoisotopic (exact) mass is 762 g/mol. The number of unbranched alkanes of at least 4 members (excludes halogenated alkanes) is 11. The summed E-state index contributed by atoms with van der Waals surface area (Å²) in [6.07, 6.45) is 31.7. The average molecular weight is 763 g/mol. The van der Waals surface area contributed by atoms with Gasteiger partial charge in [0.05, 0.1) is 25.7 Å². The van der Waals surface area contributed by atoms with Crippen LogP contribution in [0.15, 0.2) is 73.3 Å². The van der Waals surface area contributed by atoms with Gasteiger partial charge in [-0.05, 0) is 76.4 Å². The molecule has 1 rings (SSSR count). The van der Waals surface area contributed by atoms with Crippen molar-refractivity contribution >= 4 is 11.9 Å². The van der Waals surface area contributed by atoms with Gasteiger partial charge in [-0.1, -0.05) is 101 Å². The first-order chi connectivity index (χ1) is 26.3. The highest BCUT2D eigenvalue weighted by Crippen LogP contribution is 2.22. The zero-order chi connectivity index (χ0) is 39.5. The van der Waals surface area contributed by atoms with Crippen LogP contribution in [0.3, 0.4) is 0 Å². The van der Waals surface area contributed by atoms with Crippen LogP contribution in [0.2, 0.25) is 0 Å². The number of esters is 2. The number of aliphatic hydroxyl groups excluding tert-OH is 4. The highest BCUT2D eigenvalue weighted by molar-refractivity contribution is 5.70. The maximum absolute atomic E-state index is 12.7. The predicted molar refractivity (Wildman–Crippen MR) is 211 cm³/mol.